The van der Waals surface area contributed by atoms with Gasteiger partial charge in [-0.05, 0) is 79.5 Å². The molecule has 0 atom stereocenters. The van der Waals surface area contributed by atoms with Crippen LogP contribution in [0.1, 0.15) is 25.0 Å². The van der Waals surface area contributed by atoms with Gasteiger partial charge in [0.05, 0.1) is 17.1 Å². The summed E-state index contributed by atoms with van der Waals surface area (Å²) in [5.41, 5.74) is 18.3. The second-order valence-electron chi connectivity index (χ2n) is 17.1. The summed E-state index contributed by atoms with van der Waals surface area (Å²) in [6.07, 6.45) is 0. The lowest BCUT2D eigenvalue weighted by Gasteiger charge is -2.32. The zero-order valence-corrected chi connectivity index (χ0v) is 36.0. The third-order valence-corrected chi connectivity index (χ3v) is 14.5. The maximum absolute atomic E-state index is 2.56. The summed E-state index contributed by atoms with van der Waals surface area (Å²) in [6.45, 7) is 4.74. The van der Waals surface area contributed by atoms with E-state index in [1.54, 1.807) is 0 Å². The van der Waals surface area contributed by atoms with Gasteiger partial charge >= 0.3 is 0 Å². The van der Waals surface area contributed by atoms with Crippen LogP contribution in [-0.2, 0) is 5.41 Å². The van der Waals surface area contributed by atoms with Crippen molar-refractivity contribution >= 4 is 59.3 Å². The van der Waals surface area contributed by atoms with Crippen LogP contribution in [0.5, 0.6) is 0 Å². The summed E-state index contributed by atoms with van der Waals surface area (Å²) in [7, 11) is 0. The first kappa shape index (κ1) is 37.3. The van der Waals surface area contributed by atoms with Gasteiger partial charge in [0.25, 0.3) is 0 Å². The van der Waals surface area contributed by atoms with Crippen molar-refractivity contribution in [2.75, 3.05) is 4.90 Å². The molecule has 0 bridgehead atoms. The molecule has 1 nitrogen and oxygen atoms in total. The zero-order chi connectivity index (χ0) is 42.1. The van der Waals surface area contributed by atoms with Gasteiger partial charge in [-0.3, -0.25) is 0 Å². The van der Waals surface area contributed by atoms with Gasteiger partial charge in [-0.2, -0.15) is 0 Å². The molecule has 1 aliphatic carbocycles. The van der Waals surface area contributed by atoms with Crippen molar-refractivity contribution in [3.63, 3.8) is 0 Å². The number of hydrogen-bond donors (Lipinski definition) is 0. The lowest BCUT2D eigenvalue weighted by Crippen LogP contribution is -2.15. The van der Waals surface area contributed by atoms with Crippen molar-refractivity contribution in [2.24, 2.45) is 0 Å². The Kier molecular flexibility index (Phi) is 8.77. The van der Waals surface area contributed by atoms with E-state index in [2.05, 4.69) is 243 Å². The number of fused-ring (bicyclic) bond motifs is 7. The van der Waals surface area contributed by atoms with Gasteiger partial charge < -0.3 is 4.90 Å². The first-order chi connectivity index (χ1) is 31.1. The first-order valence-corrected chi connectivity index (χ1v) is 22.7. The van der Waals surface area contributed by atoms with Crippen LogP contribution in [0, 0.1) is 0 Å². The summed E-state index contributed by atoms with van der Waals surface area (Å²) in [4.78, 5) is 2.56. The van der Waals surface area contributed by atoms with Crippen molar-refractivity contribution in [1.82, 2.24) is 0 Å². The molecule has 298 valence electrons. The Morgan fingerprint density at radius 2 is 0.825 bits per heavy atom. The van der Waals surface area contributed by atoms with E-state index in [-0.39, 0.29) is 5.41 Å². The number of benzene rings is 10. The van der Waals surface area contributed by atoms with Gasteiger partial charge in [-0.1, -0.05) is 214 Å². The summed E-state index contributed by atoms with van der Waals surface area (Å²) < 4.78 is 2.60. The van der Waals surface area contributed by atoms with Gasteiger partial charge in [0.2, 0.25) is 0 Å². The second kappa shape index (κ2) is 14.8. The molecule has 2 heteroatoms. The Labute approximate surface area is 372 Å². The Morgan fingerprint density at radius 3 is 1.56 bits per heavy atom. The molecule has 0 radical (unpaired) electrons. The maximum atomic E-state index is 2.56. The molecule has 12 rings (SSSR count). The van der Waals surface area contributed by atoms with Crippen molar-refractivity contribution in [3.05, 3.63) is 236 Å². The largest absolute Gasteiger partial charge is 0.309 e. The molecule has 1 heterocycles. The molecule has 0 N–H and O–H groups in total. The quantitative estimate of drug-likeness (QED) is 0.155. The van der Waals surface area contributed by atoms with E-state index in [1.165, 1.54) is 97.7 Å². The van der Waals surface area contributed by atoms with Crippen LogP contribution < -0.4 is 4.90 Å². The van der Waals surface area contributed by atoms with E-state index in [4.69, 9.17) is 0 Å². The van der Waals surface area contributed by atoms with Crippen LogP contribution in [0.15, 0.2) is 224 Å². The molecule has 0 amide bonds. The average molecular weight is 822 g/mol. The average Bonchev–Trinajstić information content (AvgIpc) is 3.84. The molecule has 0 fully saturated rings. The molecule has 0 spiro atoms. The SMILES string of the molecule is CC1(C)c2ccccc2-c2c(-c3ccccc3N(c3ccccc3-c3cccc4c3sc3ccccc34)c3ccccc3-c3cccc4cccc(-c5ccccc5)c34)cccc21. The predicted molar refractivity (Wildman–Crippen MR) is 271 cm³/mol. The molecule has 10 aromatic carbocycles. The lowest BCUT2D eigenvalue weighted by atomic mass is 9.82. The van der Waals surface area contributed by atoms with Crippen LogP contribution in [0.2, 0.25) is 0 Å². The molecule has 63 heavy (non-hydrogen) atoms. The standard InChI is InChI=1S/C61H43NS/c1-61(2)52-34-11-6-28-51(52)59-48(31-19-35-53(59)61)44-25-8-13-37-55(44)62(56-38-14-9-26-45(56)49-32-18-33-50-46-27-10-15-39-57(46)63-60(49)50)54-36-12-7-24-43(54)47-30-17-23-41-22-16-29-42(58(41)47)40-20-4-3-5-21-40/h3-39H,1-2H3. The van der Waals surface area contributed by atoms with Crippen molar-refractivity contribution in [3.8, 4) is 55.6 Å². The Hall–Kier alpha value is -7.52. The molecule has 0 saturated heterocycles. The molecule has 0 unspecified atom stereocenters. The van der Waals surface area contributed by atoms with E-state index in [9.17, 15) is 0 Å². The normalized spacial score (nSPS) is 12.7. The summed E-state index contributed by atoms with van der Waals surface area (Å²) in [6, 6.07) is 83.0. The Bertz CT molecular complexity index is 3550. The summed E-state index contributed by atoms with van der Waals surface area (Å²) in [5.74, 6) is 0. The third-order valence-electron chi connectivity index (χ3n) is 13.3. The zero-order valence-electron chi connectivity index (χ0n) is 35.2. The minimum atomic E-state index is -0.122. The third kappa shape index (κ3) is 5.90. The van der Waals surface area contributed by atoms with Crippen LogP contribution in [0.3, 0.4) is 0 Å². The van der Waals surface area contributed by atoms with Gasteiger partial charge in [0, 0.05) is 47.8 Å². The van der Waals surface area contributed by atoms with E-state index >= 15 is 0 Å². The number of anilines is 3. The van der Waals surface area contributed by atoms with Gasteiger partial charge in [-0.25, -0.2) is 0 Å². The van der Waals surface area contributed by atoms with Crippen molar-refractivity contribution < 1.29 is 0 Å². The highest BCUT2D eigenvalue weighted by Crippen LogP contribution is 2.55. The van der Waals surface area contributed by atoms with Crippen LogP contribution in [-0.4, -0.2) is 0 Å². The second-order valence-corrected chi connectivity index (χ2v) is 18.2. The van der Waals surface area contributed by atoms with Crippen LogP contribution >= 0.6 is 11.3 Å². The monoisotopic (exact) mass is 821 g/mol. The highest BCUT2D eigenvalue weighted by Gasteiger charge is 2.37. The number of thiophene rings is 1. The smallest absolute Gasteiger partial charge is 0.0541 e. The molecule has 11 aromatic rings. The Balaban J connectivity index is 1.17. The van der Waals surface area contributed by atoms with Crippen molar-refractivity contribution in [1.29, 1.82) is 0 Å². The minimum absolute atomic E-state index is 0.122. The fraction of sp³-hybridized carbons (Fsp3) is 0.0492. The maximum Gasteiger partial charge on any atom is 0.0541 e. The highest BCUT2D eigenvalue weighted by molar-refractivity contribution is 7.26. The molecular formula is C61H43NS. The van der Waals surface area contributed by atoms with Crippen molar-refractivity contribution in [2.45, 2.75) is 19.3 Å². The number of rotatable bonds is 7. The minimum Gasteiger partial charge on any atom is -0.309 e. The summed E-state index contributed by atoms with van der Waals surface area (Å²) in [5, 5.41) is 5.06. The van der Waals surface area contributed by atoms with Gasteiger partial charge in [0.15, 0.2) is 0 Å². The molecule has 0 aliphatic heterocycles. The fourth-order valence-electron chi connectivity index (χ4n) is 10.4. The lowest BCUT2D eigenvalue weighted by molar-refractivity contribution is 0.660. The summed E-state index contributed by atoms with van der Waals surface area (Å²) >= 11 is 1.88. The number of hydrogen-bond acceptors (Lipinski definition) is 2. The van der Waals surface area contributed by atoms with E-state index in [0.717, 1.165) is 17.1 Å². The highest BCUT2D eigenvalue weighted by atomic mass is 32.1. The van der Waals surface area contributed by atoms with E-state index < -0.39 is 0 Å². The molecule has 1 aliphatic rings. The molecule has 0 saturated carbocycles. The van der Waals surface area contributed by atoms with E-state index in [0.29, 0.717) is 0 Å². The number of para-hydroxylation sites is 3. The topological polar surface area (TPSA) is 3.24 Å². The Morgan fingerprint density at radius 1 is 0.349 bits per heavy atom. The number of nitrogens with zero attached hydrogens (tertiary/aromatic N) is 1. The van der Waals surface area contributed by atoms with Crippen LogP contribution in [0.4, 0.5) is 17.1 Å². The fourth-order valence-corrected chi connectivity index (χ4v) is 11.7. The van der Waals surface area contributed by atoms with E-state index in [1.807, 2.05) is 11.3 Å². The van der Waals surface area contributed by atoms with Gasteiger partial charge in [-0.15, -0.1) is 11.3 Å². The predicted octanol–water partition coefficient (Wildman–Crippen LogP) is 17.7. The molecule has 1 aromatic heterocycles. The van der Waals surface area contributed by atoms with Gasteiger partial charge in [0.1, 0.15) is 0 Å². The van der Waals surface area contributed by atoms with Crippen LogP contribution in [0.25, 0.3) is 86.6 Å². The molecular weight excluding hydrogens is 779 g/mol. The first-order valence-electron chi connectivity index (χ1n) is 21.9.